The molecule has 0 rings (SSSR count). The van der Waals surface area contributed by atoms with E-state index in [1.165, 1.54) is 0 Å². The molecule has 5 nitrogen and oxygen atoms in total. The standard InChI is InChI=1S/C10H24N4OS/c1-5-9(7-16-4)13-10(14-11)12-8(2)6-15-3/h8-9H,5-7,11H2,1-4H3,(H2,12,13,14). The van der Waals surface area contributed by atoms with Gasteiger partial charge in [0, 0.05) is 18.9 Å². The first kappa shape index (κ1) is 15.5. The Bertz CT molecular complexity index is 201. The summed E-state index contributed by atoms with van der Waals surface area (Å²) in [5.74, 6) is 7.06. The van der Waals surface area contributed by atoms with Crippen LogP contribution in [0.15, 0.2) is 4.99 Å². The van der Waals surface area contributed by atoms with Crippen LogP contribution in [0.3, 0.4) is 0 Å². The minimum atomic E-state index is 0.187. The van der Waals surface area contributed by atoms with Gasteiger partial charge in [-0.25, -0.2) is 10.8 Å². The second kappa shape index (κ2) is 9.74. The van der Waals surface area contributed by atoms with E-state index >= 15 is 0 Å². The number of methoxy groups -OCH3 is 1. The summed E-state index contributed by atoms with van der Waals surface area (Å²) >= 11 is 1.79. The summed E-state index contributed by atoms with van der Waals surface area (Å²) < 4.78 is 5.04. The molecule has 0 saturated heterocycles. The van der Waals surface area contributed by atoms with Crippen LogP contribution in [-0.2, 0) is 4.74 Å². The van der Waals surface area contributed by atoms with Crippen LogP contribution in [0, 0.1) is 0 Å². The van der Waals surface area contributed by atoms with Gasteiger partial charge in [-0.05, 0) is 19.6 Å². The van der Waals surface area contributed by atoms with Gasteiger partial charge in [0.25, 0.3) is 0 Å². The lowest BCUT2D eigenvalue weighted by Gasteiger charge is -2.17. The maximum Gasteiger partial charge on any atom is 0.206 e. The van der Waals surface area contributed by atoms with E-state index in [0.717, 1.165) is 12.2 Å². The van der Waals surface area contributed by atoms with Crippen molar-refractivity contribution in [1.29, 1.82) is 0 Å². The summed E-state index contributed by atoms with van der Waals surface area (Å²) in [5.41, 5.74) is 2.59. The molecule has 0 spiro atoms. The molecule has 0 saturated carbocycles. The molecule has 2 unspecified atom stereocenters. The number of nitrogens with two attached hydrogens (primary N) is 1. The van der Waals surface area contributed by atoms with Gasteiger partial charge in [-0.2, -0.15) is 11.8 Å². The van der Waals surface area contributed by atoms with Crippen LogP contribution in [0.2, 0.25) is 0 Å². The maximum atomic E-state index is 5.43. The van der Waals surface area contributed by atoms with E-state index in [1.54, 1.807) is 18.9 Å². The van der Waals surface area contributed by atoms with Crippen molar-refractivity contribution in [2.45, 2.75) is 32.4 Å². The van der Waals surface area contributed by atoms with E-state index in [9.17, 15) is 0 Å². The number of guanidine groups is 1. The van der Waals surface area contributed by atoms with Gasteiger partial charge in [0.1, 0.15) is 0 Å². The van der Waals surface area contributed by atoms with Crippen LogP contribution in [-0.4, -0.2) is 43.8 Å². The summed E-state index contributed by atoms with van der Waals surface area (Å²) in [7, 11) is 1.67. The highest BCUT2D eigenvalue weighted by atomic mass is 32.2. The molecule has 0 aromatic rings. The predicted molar refractivity (Wildman–Crippen MR) is 71.7 cm³/mol. The van der Waals surface area contributed by atoms with Crippen molar-refractivity contribution >= 4 is 17.7 Å². The number of hydrogen-bond donors (Lipinski definition) is 3. The molecule has 96 valence electrons. The fourth-order valence-corrected chi connectivity index (χ4v) is 1.96. The van der Waals surface area contributed by atoms with Crippen molar-refractivity contribution in [3.05, 3.63) is 0 Å². The zero-order valence-corrected chi connectivity index (χ0v) is 11.4. The molecule has 2 atom stereocenters. The summed E-state index contributed by atoms with van der Waals surface area (Å²) in [6, 6.07) is 0.481. The number of nitrogens with zero attached hydrogens (tertiary/aromatic N) is 1. The summed E-state index contributed by atoms with van der Waals surface area (Å²) in [6.45, 7) is 4.77. The molecule has 16 heavy (non-hydrogen) atoms. The summed E-state index contributed by atoms with van der Waals surface area (Å²) in [5, 5.41) is 3.17. The smallest absolute Gasteiger partial charge is 0.206 e. The highest BCUT2D eigenvalue weighted by Crippen LogP contribution is 2.05. The lowest BCUT2D eigenvalue weighted by Crippen LogP contribution is -2.47. The minimum absolute atomic E-state index is 0.187. The average Bonchev–Trinajstić information content (AvgIpc) is 2.27. The number of rotatable bonds is 7. The lowest BCUT2D eigenvalue weighted by molar-refractivity contribution is 0.179. The van der Waals surface area contributed by atoms with Crippen molar-refractivity contribution in [2.24, 2.45) is 10.8 Å². The van der Waals surface area contributed by atoms with Gasteiger partial charge in [0.2, 0.25) is 5.96 Å². The van der Waals surface area contributed by atoms with Gasteiger partial charge in [0.15, 0.2) is 0 Å². The highest BCUT2D eigenvalue weighted by Gasteiger charge is 2.07. The SMILES string of the molecule is CCC(CSC)N=C(NN)NC(C)COC. The third kappa shape index (κ3) is 6.92. The Morgan fingerprint density at radius 3 is 2.69 bits per heavy atom. The van der Waals surface area contributed by atoms with Gasteiger partial charge in [-0.15, -0.1) is 0 Å². The lowest BCUT2D eigenvalue weighted by atomic mass is 10.3. The maximum absolute atomic E-state index is 5.43. The Morgan fingerprint density at radius 1 is 1.56 bits per heavy atom. The molecule has 0 radical (unpaired) electrons. The molecule has 0 bridgehead atoms. The summed E-state index contributed by atoms with van der Waals surface area (Å²) in [6.07, 6.45) is 3.08. The highest BCUT2D eigenvalue weighted by molar-refractivity contribution is 7.98. The quantitative estimate of drug-likeness (QED) is 0.266. The van der Waals surface area contributed by atoms with Crippen molar-refractivity contribution in [2.75, 3.05) is 25.7 Å². The molecule has 0 aliphatic rings. The van der Waals surface area contributed by atoms with Crippen molar-refractivity contribution in [1.82, 2.24) is 10.7 Å². The normalized spacial score (nSPS) is 15.7. The number of hydrogen-bond acceptors (Lipinski definition) is 4. The van der Waals surface area contributed by atoms with Gasteiger partial charge in [0.05, 0.1) is 12.6 Å². The van der Waals surface area contributed by atoms with E-state index in [4.69, 9.17) is 10.6 Å². The van der Waals surface area contributed by atoms with Gasteiger partial charge < -0.3 is 10.1 Å². The summed E-state index contributed by atoms with van der Waals surface area (Å²) in [4.78, 5) is 4.52. The van der Waals surface area contributed by atoms with Crippen LogP contribution >= 0.6 is 11.8 Å². The molecule has 0 fully saturated rings. The Hall–Kier alpha value is -0.460. The second-order valence-corrected chi connectivity index (χ2v) is 4.55. The van der Waals surface area contributed by atoms with Gasteiger partial charge >= 0.3 is 0 Å². The van der Waals surface area contributed by atoms with E-state index < -0.39 is 0 Å². The zero-order chi connectivity index (χ0) is 12.4. The number of nitrogens with one attached hydrogen (secondary N) is 2. The zero-order valence-electron chi connectivity index (χ0n) is 10.6. The first-order valence-electron chi connectivity index (χ1n) is 5.46. The minimum Gasteiger partial charge on any atom is -0.383 e. The number of ether oxygens (including phenoxy) is 1. The largest absolute Gasteiger partial charge is 0.383 e. The van der Waals surface area contributed by atoms with Crippen LogP contribution in [0.25, 0.3) is 0 Å². The van der Waals surface area contributed by atoms with Crippen LogP contribution in [0.1, 0.15) is 20.3 Å². The molecule has 0 aliphatic heterocycles. The fraction of sp³-hybridized carbons (Fsp3) is 0.900. The van der Waals surface area contributed by atoms with Gasteiger partial charge in [-0.3, -0.25) is 5.43 Å². The molecule has 4 N–H and O–H groups in total. The van der Waals surface area contributed by atoms with Crippen LogP contribution in [0.4, 0.5) is 0 Å². The van der Waals surface area contributed by atoms with E-state index in [1.807, 2.05) is 6.92 Å². The molecular formula is C10H24N4OS. The Labute approximate surface area is 103 Å². The number of aliphatic imine (C=N–C) groups is 1. The average molecular weight is 248 g/mol. The van der Waals surface area contributed by atoms with E-state index in [2.05, 4.69) is 28.9 Å². The van der Waals surface area contributed by atoms with Crippen molar-refractivity contribution in [3.8, 4) is 0 Å². The Balaban J connectivity index is 4.27. The van der Waals surface area contributed by atoms with Crippen molar-refractivity contribution < 1.29 is 4.74 Å². The van der Waals surface area contributed by atoms with Crippen LogP contribution < -0.4 is 16.6 Å². The molecule has 0 aromatic heterocycles. The number of thioether (sulfide) groups is 1. The second-order valence-electron chi connectivity index (χ2n) is 3.64. The van der Waals surface area contributed by atoms with Gasteiger partial charge in [-0.1, -0.05) is 6.92 Å². The van der Waals surface area contributed by atoms with Crippen LogP contribution in [0.5, 0.6) is 0 Å². The predicted octanol–water partition coefficient (Wildman–Crippen LogP) is 0.572. The molecular weight excluding hydrogens is 224 g/mol. The first-order valence-corrected chi connectivity index (χ1v) is 6.86. The monoisotopic (exact) mass is 248 g/mol. The molecule has 0 aliphatic carbocycles. The Kier molecular flexibility index (Phi) is 9.46. The number of hydrazine groups is 1. The van der Waals surface area contributed by atoms with E-state index in [0.29, 0.717) is 18.6 Å². The molecule has 0 amide bonds. The molecule has 0 heterocycles. The van der Waals surface area contributed by atoms with E-state index in [-0.39, 0.29) is 6.04 Å². The first-order chi connectivity index (χ1) is 7.67. The Morgan fingerprint density at radius 2 is 2.25 bits per heavy atom. The third-order valence-electron chi connectivity index (χ3n) is 2.08. The fourth-order valence-electron chi connectivity index (χ4n) is 1.26. The topological polar surface area (TPSA) is 71.7 Å². The van der Waals surface area contributed by atoms with Crippen molar-refractivity contribution in [3.63, 3.8) is 0 Å². The molecule has 0 aromatic carbocycles. The molecule has 6 heteroatoms. The third-order valence-corrected chi connectivity index (χ3v) is 2.80.